The summed E-state index contributed by atoms with van der Waals surface area (Å²) >= 11 is 0. The largest absolute Gasteiger partial charge is 0.382 e. The zero-order valence-corrected chi connectivity index (χ0v) is 26.9. The summed E-state index contributed by atoms with van der Waals surface area (Å²) in [6.07, 6.45) is 8.21. The molecular weight excluding hydrogens is 554 g/mol. The summed E-state index contributed by atoms with van der Waals surface area (Å²) in [6.45, 7) is 12.3. The van der Waals surface area contributed by atoms with Crippen molar-refractivity contribution in [1.82, 2.24) is 20.5 Å². The van der Waals surface area contributed by atoms with Crippen LogP contribution in [0.15, 0.2) is 30.5 Å². The van der Waals surface area contributed by atoms with Crippen molar-refractivity contribution in [3.63, 3.8) is 0 Å². The highest BCUT2D eigenvalue weighted by Crippen LogP contribution is 2.39. The first-order valence-corrected chi connectivity index (χ1v) is 16.4. The number of carbonyl (C=O) groups excluding carboxylic acids is 3. The maximum absolute atomic E-state index is 13.5. The number of pyridine rings is 1. The van der Waals surface area contributed by atoms with Crippen LogP contribution in [0.3, 0.4) is 0 Å². The second-order valence-electron chi connectivity index (χ2n) is 13.1. The molecule has 3 aliphatic heterocycles. The molecule has 3 amide bonds. The molecule has 0 spiro atoms. The van der Waals surface area contributed by atoms with Crippen LogP contribution in [0.4, 0.5) is 11.5 Å². The number of anilines is 2. The van der Waals surface area contributed by atoms with Crippen molar-refractivity contribution in [2.75, 3.05) is 23.3 Å². The number of rotatable bonds is 11. The van der Waals surface area contributed by atoms with Crippen LogP contribution in [-0.2, 0) is 0 Å². The molecule has 0 aliphatic carbocycles. The molecule has 2 aromatic rings. The van der Waals surface area contributed by atoms with Crippen molar-refractivity contribution in [3.8, 4) is 0 Å². The standard InChI is InChI=1S/C34H49N7O3/c1-6-23(7-2)37-30-17-28(21(5)14-29(30)32(35)42)34(44)39-25-15-26-9-10-27(16-25)41(26)31-11-8-22(18-36-31)33(43)38-24-12-13-40(19-24)20(3)4/h8,11,14,17-18,20,23-27,37H,6-7,9-10,12-13,15-16,19H2,1-5H3,(H2,35,42)(H,38,43)(H,39,44)/t24-,25?,26-,27+/m1/s1. The topological polar surface area (TPSA) is 133 Å². The van der Waals surface area contributed by atoms with Gasteiger partial charge in [0.05, 0.1) is 11.1 Å². The molecule has 1 unspecified atom stereocenters. The quantitative estimate of drug-likeness (QED) is 0.302. The van der Waals surface area contributed by atoms with E-state index in [4.69, 9.17) is 10.7 Å². The molecule has 238 valence electrons. The van der Waals surface area contributed by atoms with Gasteiger partial charge in [0, 0.05) is 66.8 Å². The van der Waals surface area contributed by atoms with Crippen LogP contribution in [0.2, 0.25) is 0 Å². The number of hydrogen-bond donors (Lipinski definition) is 4. The summed E-state index contributed by atoms with van der Waals surface area (Å²) in [5.74, 6) is 0.185. The van der Waals surface area contributed by atoms with Crippen molar-refractivity contribution in [3.05, 3.63) is 52.7 Å². The zero-order chi connectivity index (χ0) is 31.5. The third-order valence-electron chi connectivity index (χ3n) is 9.85. The Kier molecular flexibility index (Phi) is 9.78. The van der Waals surface area contributed by atoms with Gasteiger partial charge in [-0.2, -0.15) is 0 Å². The fourth-order valence-corrected chi connectivity index (χ4v) is 7.24. The van der Waals surface area contributed by atoms with E-state index >= 15 is 0 Å². The second-order valence-corrected chi connectivity index (χ2v) is 13.1. The van der Waals surface area contributed by atoms with E-state index in [2.05, 4.69) is 53.4 Å². The lowest BCUT2D eigenvalue weighted by Crippen LogP contribution is -2.51. The molecular formula is C34H49N7O3. The first-order chi connectivity index (χ1) is 21.1. The van der Waals surface area contributed by atoms with Crippen LogP contribution in [-0.4, -0.2) is 76.9 Å². The van der Waals surface area contributed by atoms with Crippen LogP contribution >= 0.6 is 0 Å². The minimum absolute atomic E-state index is 0.0452. The van der Waals surface area contributed by atoms with E-state index in [0.29, 0.717) is 28.4 Å². The lowest BCUT2D eigenvalue weighted by molar-refractivity contribution is 0.0921. The number of nitrogens with zero attached hydrogens (tertiary/aromatic N) is 3. The van der Waals surface area contributed by atoms with Crippen molar-refractivity contribution in [2.45, 2.75) is 116 Å². The van der Waals surface area contributed by atoms with Crippen LogP contribution in [0.25, 0.3) is 0 Å². The van der Waals surface area contributed by atoms with Crippen LogP contribution in [0.1, 0.15) is 109 Å². The van der Waals surface area contributed by atoms with E-state index in [1.807, 2.05) is 19.1 Å². The van der Waals surface area contributed by atoms with E-state index in [-0.39, 0.29) is 42.0 Å². The Morgan fingerprint density at radius 1 is 0.955 bits per heavy atom. The Labute approximate surface area is 261 Å². The number of benzene rings is 1. The number of nitrogens with two attached hydrogens (primary N) is 1. The van der Waals surface area contributed by atoms with E-state index in [1.54, 1.807) is 18.3 Å². The van der Waals surface area contributed by atoms with Crippen molar-refractivity contribution in [1.29, 1.82) is 0 Å². The highest BCUT2D eigenvalue weighted by molar-refractivity contribution is 6.03. The summed E-state index contributed by atoms with van der Waals surface area (Å²) in [6, 6.07) is 8.79. The van der Waals surface area contributed by atoms with E-state index in [9.17, 15) is 14.4 Å². The highest BCUT2D eigenvalue weighted by atomic mass is 16.2. The van der Waals surface area contributed by atoms with Gasteiger partial charge in [0.2, 0.25) is 0 Å². The van der Waals surface area contributed by atoms with Gasteiger partial charge < -0.3 is 26.6 Å². The van der Waals surface area contributed by atoms with Crippen LogP contribution in [0.5, 0.6) is 0 Å². The van der Waals surface area contributed by atoms with Gasteiger partial charge in [0.1, 0.15) is 5.82 Å². The molecule has 10 heteroatoms. The number of carbonyl (C=O) groups is 3. The Morgan fingerprint density at radius 3 is 2.20 bits per heavy atom. The molecule has 4 atom stereocenters. The van der Waals surface area contributed by atoms with Gasteiger partial charge >= 0.3 is 0 Å². The molecule has 3 fully saturated rings. The number of aromatic nitrogens is 1. The molecule has 2 bridgehead atoms. The highest BCUT2D eigenvalue weighted by Gasteiger charge is 2.42. The van der Waals surface area contributed by atoms with E-state index < -0.39 is 5.91 Å². The zero-order valence-electron chi connectivity index (χ0n) is 26.9. The number of amides is 3. The van der Waals surface area contributed by atoms with Crippen LogP contribution in [0, 0.1) is 6.92 Å². The lowest BCUT2D eigenvalue weighted by Gasteiger charge is -2.40. The third-order valence-corrected chi connectivity index (χ3v) is 9.85. The molecule has 3 saturated heterocycles. The van der Waals surface area contributed by atoms with Gasteiger partial charge in [0.15, 0.2) is 0 Å². The summed E-state index contributed by atoms with van der Waals surface area (Å²) in [7, 11) is 0. The number of fused-ring (bicyclic) bond motifs is 2. The fourth-order valence-electron chi connectivity index (χ4n) is 7.24. The van der Waals surface area contributed by atoms with E-state index in [1.165, 1.54) is 0 Å². The van der Waals surface area contributed by atoms with E-state index in [0.717, 1.165) is 69.4 Å². The summed E-state index contributed by atoms with van der Waals surface area (Å²) < 4.78 is 0. The number of aryl methyl sites for hydroxylation is 1. The normalized spacial score (nSPS) is 23.3. The van der Waals surface area contributed by atoms with Gasteiger partial charge in [-0.05, 0) is 95.5 Å². The lowest BCUT2D eigenvalue weighted by atomic mass is 9.95. The summed E-state index contributed by atoms with van der Waals surface area (Å²) in [5, 5.41) is 9.88. The molecule has 10 nitrogen and oxygen atoms in total. The first kappa shape index (κ1) is 31.8. The molecule has 1 aromatic heterocycles. The molecule has 1 aromatic carbocycles. The number of hydrogen-bond acceptors (Lipinski definition) is 7. The van der Waals surface area contributed by atoms with Gasteiger partial charge in [0.25, 0.3) is 17.7 Å². The van der Waals surface area contributed by atoms with Gasteiger partial charge in [-0.15, -0.1) is 0 Å². The summed E-state index contributed by atoms with van der Waals surface area (Å²) in [4.78, 5) is 48.1. The van der Waals surface area contributed by atoms with Gasteiger partial charge in [-0.25, -0.2) is 4.98 Å². The van der Waals surface area contributed by atoms with Gasteiger partial charge in [-0.3, -0.25) is 19.3 Å². The molecule has 5 N–H and O–H groups in total. The Hall–Kier alpha value is -3.66. The second kappa shape index (κ2) is 13.5. The average Bonchev–Trinajstić information content (AvgIpc) is 3.58. The number of primary amides is 1. The average molecular weight is 604 g/mol. The first-order valence-electron chi connectivity index (χ1n) is 16.4. The SMILES string of the molecule is CCC(CC)Nc1cc(C(=O)NC2C[C@H]3CC[C@@H](C2)N3c2ccc(C(=O)N[C@@H]3CCN(C(C)C)C3)cn2)c(C)cc1C(N)=O. The Balaban J connectivity index is 1.21. The molecule has 44 heavy (non-hydrogen) atoms. The molecule has 5 rings (SSSR count). The minimum atomic E-state index is -0.508. The monoisotopic (exact) mass is 603 g/mol. The third kappa shape index (κ3) is 6.85. The number of likely N-dealkylation sites (tertiary alicyclic amines) is 1. The van der Waals surface area contributed by atoms with Crippen molar-refractivity contribution < 1.29 is 14.4 Å². The fraction of sp³-hybridized carbons (Fsp3) is 0.588. The van der Waals surface area contributed by atoms with Gasteiger partial charge in [-0.1, -0.05) is 13.8 Å². The maximum Gasteiger partial charge on any atom is 0.253 e. The summed E-state index contributed by atoms with van der Waals surface area (Å²) in [5.41, 5.74) is 8.56. The molecule has 4 heterocycles. The smallest absolute Gasteiger partial charge is 0.253 e. The molecule has 3 aliphatic rings. The Morgan fingerprint density at radius 2 is 1.64 bits per heavy atom. The number of piperidine rings is 1. The van der Waals surface area contributed by atoms with Crippen molar-refractivity contribution >= 4 is 29.2 Å². The predicted molar refractivity (Wildman–Crippen MR) is 174 cm³/mol. The predicted octanol–water partition coefficient (Wildman–Crippen LogP) is 4.23. The minimum Gasteiger partial charge on any atom is -0.382 e. The van der Waals surface area contributed by atoms with Crippen molar-refractivity contribution in [2.24, 2.45) is 5.73 Å². The molecule has 0 saturated carbocycles. The maximum atomic E-state index is 13.5. The Bertz CT molecular complexity index is 1340. The number of nitrogens with one attached hydrogen (secondary N) is 3. The van der Waals surface area contributed by atoms with Crippen LogP contribution < -0.4 is 26.6 Å². The molecule has 0 radical (unpaired) electrons.